The van der Waals surface area contributed by atoms with E-state index in [1.54, 1.807) is 14.2 Å². The van der Waals surface area contributed by atoms with Crippen molar-refractivity contribution in [2.75, 3.05) is 14.2 Å². The van der Waals surface area contributed by atoms with E-state index in [9.17, 15) is 0 Å². The van der Waals surface area contributed by atoms with Crippen LogP contribution in [0.5, 0.6) is 11.5 Å². The molecule has 20 heavy (non-hydrogen) atoms. The summed E-state index contributed by atoms with van der Waals surface area (Å²) < 4.78 is 10.7. The van der Waals surface area contributed by atoms with Crippen molar-refractivity contribution in [1.29, 1.82) is 0 Å². The number of hydrogen-bond donors (Lipinski definition) is 0. The first-order chi connectivity index (χ1) is 9.81. The van der Waals surface area contributed by atoms with Gasteiger partial charge in [0.15, 0.2) is 0 Å². The summed E-state index contributed by atoms with van der Waals surface area (Å²) in [6.07, 6.45) is 3.37. The van der Waals surface area contributed by atoms with Crippen molar-refractivity contribution in [3.05, 3.63) is 59.2 Å². The van der Waals surface area contributed by atoms with Gasteiger partial charge in [-0.2, -0.15) is 0 Å². The smallest absolute Gasteiger partial charge is 0.122 e. The molecule has 2 nitrogen and oxygen atoms in total. The van der Waals surface area contributed by atoms with Crippen LogP contribution in [-0.4, -0.2) is 14.2 Å². The average Bonchev–Trinajstić information content (AvgIpc) is 2.53. The Balaban J connectivity index is 1.84. The normalized spacial score (nSPS) is 17.4. The zero-order chi connectivity index (χ0) is 13.9. The maximum absolute atomic E-state index is 5.47. The molecule has 0 aliphatic heterocycles. The Morgan fingerprint density at radius 3 is 2.45 bits per heavy atom. The third-order valence-electron chi connectivity index (χ3n) is 4.25. The first kappa shape index (κ1) is 13.0. The zero-order valence-electron chi connectivity index (χ0n) is 12.1. The van der Waals surface area contributed by atoms with Crippen LogP contribution in [0.3, 0.4) is 0 Å². The van der Waals surface area contributed by atoms with Crippen LogP contribution in [0, 0.1) is 0 Å². The molecule has 0 spiro atoms. The lowest BCUT2D eigenvalue weighted by molar-refractivity contribution is 0.404. The predicted octanol–water partition coefficient (Wildman–Crippen LogP) is 3.98. The summed E-state index contributed by atoms with van der Waals surface area (Å²) in [5.41, 5.74) is 4.22. The van der Waals surface area contributed by atoms with Gasteiger partial charge in [-0.15, -0.1) is 0 Å². The molecule has 0 unspecified atom stereocenters. The minimum absolute atomic E-state index is 0.598. The van der Waals surface area contributed by atoms with Crippen LogP contribution >= 0.6 is 0 Å². The Morgan fingerprint density at radius 1 is 0.950 bits per heavy atom. The summed E-state index contributed by atoms with van der Waals surface area (Å²) in [5, 5.41) is 0. The van der Waals surface area contributed by atoms with Crippen molar-refractivity contribution in [1.82, 2.24) is 0 Å². The molecule has 0 radical (unpaired) electrons. The van der Waals surface area contributed by atoms with Gasteiger partial charge in [-0.3, -0.25) is 0 Å². The van der Waals surface area contributed by atoms with Gasteiger partial charge in [0.2, 0.25) is 0 Å². The maximum Gasteiger partial charge on any atom is 0.122 e. The van der Waals surface area contributed by atoms with Gasteiger partial charge in [-0.25, -0.2) is 0 Å². The molecule has 0 amide bonds. The van der Waals surface area contributed by atoms with Crippen LogP contribution in [0.1, 0.15) is 29.0 Å². The summed E-state index contributed by atoms with van der Waals surface area (Å²) in [6, 6.07) is 14.9. The van der Waals surface area contributed by atoms with Crippen molar-refractivity contribution >= 4 is 0 Å². The molecular weight excluding hydrogens is 248 g/mol. The van der Waals surface area contributed by atoms with E-state index in [2.05, 4.69) is 42.5 Å². The monoisotopic (exact) mass is 268 g/mol. The molecule has 1 aliphatic carbocycles. The molecule has 0 bridgehead atoms. The molecule has 2 heteroatoms. The van der Waals surface area contributed by atoms with Crippen molar-refractivity contribution in [3.8, 4) is 11.5 Å². The molecular formula is C18H20O2. The fourth-order valence-electron chi connectivity index (χ4n) is 3.12. The standard InChI is InChI=1S/C18H20O2/c1-19-16-9-6-13(7-10-16)14-8-11-17-15(12-14)4-3-5-18(17)20-2/h3-7,9-10,14H,8,11-12H2,1-2H3/t14-/m1/s1. The first-order valence-corrected chi connectivity index (χ1v) is 7.10. The highest BCUT2D eigenvalue weighted by atomic mass is 16.5. The SMILES string of the molecule is COc1ccc([C@@H]2CCc3c(cccc3OC)C2)cc1. The minimum Gasteiger partial charge on any atom is -0.497 e. The van der Waals surface area contributed by atoms with Crippen LogP contribution in [0.25, 0.3) is 0 Å². The summed E-state index contributed by atoms with van der Waals surface area (Å²) in [7, 11) is 3.46. The Morgan fingerprint density at radius 2 is 1.75 bits per heavy atom. The Hall–Kier alpha value is -1.96. The van der Waals surface area contributed by atoms with Gasteiger partial charge >= 0.3 is 0 Å². The second-order valence-electron chi connectivity index (χ2n) is 5.31. The highest BCUT2D eigenvalue weighted by Gasteiger charge is 2.22. The van der Waals surface area contributed by atoms with Gasteiger partial charge < -0.3 is 9.47 Å². The van der Waals surface area contributed by atoms with Gasteiger partial charge in [-0.1, -0.05) is 24.3 Å². The summed E-state index contributed by atoms with van der Waals surface area (Å²) in [5.74, 6) is 2.56. The minimum atomic E-state index is 0.598. The molecule has 1 aliphatic rings. The van der Waals surface area contributed by atoms with Crippen LogP contribution in [0.15, 0.2) is 42.5 Å². The average molecular weight is 268 g/mol. The van der Waals surface area contributed by atoms with Crippen LogP contribution in [-0.2, 0) is 12.8 Å². The fourth-order valence-corrected chi connectivity index (χ4v) is 3.12. The van der Waals surface area contributed by atoms with E-state index < -0.39 is 0 Å². The topological polar surface area (TPSA) is 18.5 Å². The molecule has 3 rings (SSSR count). The molecule has 0 aromatic heterocycles. The number of hydrogen-bond acceptors (Lipinski definition) is 2. The molecule has 0 fully saturated rings. The largest absolute Gasteiger partial charge is 0.497 e. The van der Waals surface area contributed by atoms with E-state index >= 15 is 0 Å². The number of rotatable bonds is 3. The molecule has 0 heterocycles. The predicted molar refractivity (Wildman–Crippen MR) is 80.8 cm³/mol. The van der Waals surface area contributed by atoms with Crippen molar-refractivity contribution < 1.29 is 9.47 Å². The highest BCUT2D eigenvalue weighted by molar-refractivity contribution is 5.44. The van der Waals surface area contributed by atoms with E-state index in [-0.39, 0.29) is 0 Å². The molecule has 2 aromatic carbocycles. The van der Waals surface area contributed by atoms with E-state index in [4.69, 9.17) is 9.47 Å². The Kier molecular flexibility index (Phi) is 3.64. The van der Waals surface area contributed by atoms with Crippen LogP contribution < -0.4 is 9.47 Å². The van der Waals surface area contributed by atoms with Gasteiger partial charge in [-0.05, 0) is 60.1 Å². The molecule has 1 atom stereocenters. The van der Waals surface area contributed by atoms with Gasteiger partial charge in [0, 0.05) is 0 Å². The van der Waals surface area contributed by atoms with Crippen molar-refractivity contribution in [2.24, 2.45) is 0 Å². The molecule has 2 aromatic rings. The van der Waals surface area contributed by atoms with E-state index in [0.717, 1.165) is 24.3 Å². The van der Waals surface area contributed by atoms with Crippen LogP contribution in [0.4, 0.5) is 0 Å². The quantitative estimate of drug-likeness (QED) is 0.838. The summed E-state index contributed by atoms with van der Waals surface area (Å²) >= 11 is 0. The molecule has 0 saturated carbocycles. The van der Waals surface area contributed by atoms with E-state index in [1.165, 1.54) is 23.1 Å². The zero-order valence-corrected chi connectivity index (χ0v) is 12.1. The van der Waals surface area contributed by atoms with Crippen molar-refractivity contribution in [2.45, 2.75) is 25.2 Å². The number of methoxy groups -OCH3 is 2. The third-order valence-corrected chi connectivity index (χ3v) is 4.25. The number of benzene rings is 2. The lowest BCUT2D eigenvalue weighted by Crippen LogP contribution is -2.13. The second kappa shape index (κ2) is 5.58. The van der Waals surface area contributed by atoms with Crippen LogP contribution in [0.2, 0.25) is 0 Å². The second-order valence-corrected chi connectivity index (χ2v) is 5.31. The number of fused-ring (bicyclic) bond motifs is 1. The first-order valence-electron chi connectivity index (χ1n) is 7.10. The van der Waals surface area contributed by atoms with Gasteiger partial charge in [0.1, 0.15) is 11.5 Å². The fraction of sp³-hybridized carbons (Fsp3) is 0.333. The summed E-state index contributed by atoms with van der Waals surface area (Å²) in [4.78, 5) is 0. The molecule has 104 valence electrons. The summed E-state index contributed by atoms with van der Waals surface area (Å²) in [6.45, 7) is 0. The van der Waals surface area contributed by atoms with E-state index in [0.29, 0.717) is 5.92 Å². The lowest BCUT2D eigenvalue weighted by atomic mass is 9.80. The maximum atomic E-state index is 5.47. The molecule has 0 saturated heterocycles. The van der Waals surface area contributed by atoms with Gasteiger partial charge in [0.05, 0.1) is 14.2 Å². The van der Waals surface area contributed by atoms with Gasteiger partial charge in [0.25, 0.3) is 0 Å². The molecule has 0 N–H and O–H groups in total. The third kappa shape index (κ3) is 2.38. The van der Waals surface area contributed by atoms with E-state index in [1.807, 2.05) is 0 Å². The Labute approximate surface area is 120 Å². The Bertz CT molecular complexity index is 587. The van der Waals surface area contributed by atoms with Crippen molar-refractivity contribution in [3.63, 3.8) is 0 Å². The lowest BCUT2D eigenvalue weighted by Gasteiger charge is -2.26. The number of ether oxygens (including phenoxy) is 2. The highest BCUT2D eigenvalue weighted by Crippen LogP contribution is 2.36.